The van der Waals surface area contributed by atoms with Crippen LogP contribution in [0.15, 0.2) is 0 Å². The van der Waals surface area contributed by atoms with Crippen molar-refractivity contribution in [2.75, 3.05) is 0 Å². The van der Waals surface area contributed by atoms with Crippen molar-refractivity contribution in [3.8, 4) is 0 Å². The molecule has 0 aromatic rings. The van der Waals surface area contributed by atoms with Gasteiger partial charge in [-0.1, -0.05) is 12.8 Å². The van der Waals surface area contributed by atoms with Crippen LogP contribution >= 0.6 is 0 Å². The molecule has 2 fully saturated rings. The van der Waals surface area contributed by atoms with Gasteiger partial charge in [-0.3, -0.25) is 4.79 Å². The Labute approximate surface area is 96.0 Å². The molecule has 16 heavy (non-hydrogen) atoms. The van der Waals surface area contributed by atoms with Crippen LogP contribution in [-0.4, -0.2) is 33.9 Å². The van der Waals surface area contributed by atoms with Gasteiger partial charge in [0.1, 0.15) is 5.60 Å². The van der Waals surface area contributed by atoms with Crippen LogP contribution in [0.2, 0.25) is 0 Å². The average molecular weight is 227 g/mol. The molecule has 2 rings (SSSR count). The summed E-state index contributed by atoms with van der Waals surface area (Å²) in [6, 6.07) is -0.161. The highest BCUT2D eigenvalue weighted by Gasteiger charge is 2.40. The molecule has 0 saturated heterocycles. The minimum atomic E-state index is -1.17. The monoisotopic (exact) mass is 227 g/mol. The van der Waals surface area contributed by atoms with E-state index < -0.39 is 11.7 Å². The van der Waals surface area contributed by atoms with Crippen molar-refractivity contribution in [1.29, 1.82) is 0 Å². The molecule has 4 heteroatoms. The smallest absolute Gasteiger partial charge is 0.252 e. The lowest BCUT2D eigenvalue weighted by molar-refractivity contribution is -0.141. The number of amides is 1. The van der Waals surface area contributed by atoms with Crippen molar-refractivity contribution in [3.63, 3.8) is 0 Å². The maximum absolute atomic E-state index is 11.9. The number of rotatable bonds is 2. The van der Waals surface area contributed by atoms with Crippen molar-refractivity contribution >= 4 is 5.91 Å². The first kappa shape index (κ1) is 11.9. The molecule has 2 unspecified atom stereocenters. The Kier molecular flexibility index (Phi) is 3.50. The normalized spacial score (nSPS) is 33.6. The molecule has 0 aliphatic heterocycles. The molecule has 0 aromatic heterocycles. The number of aliphatic hydroxyl groups is 2. The van der Waals surface area contributed by atoms with Gasteiger partial charge in [-0.25, -0.2) is 0 Å². The Morgan fingerprint density at radius 3 is 2.38 bits per heavy atom. The van der Waals surface area contributed by atoms with Crippen LogP contribution in [0.25, 0.3) is 0 Å². The molecule has 2 aliphatic rings. The van der Waals surface area contributed by atoms with Crippen LogP contribution in [0.1, 0.15) is 51.4 Å². The van der Waals surface area contributed by atoms with Crippen molar-refractivity contribution in [2.24, 2.45) is 0 Å². The van der Waals surface area contributed by atoms with Gasteiger partial charge in [-0.15, -0.1) is 0 Å². The van der Waals surface area contributed by atoms with Gasteiger partial charge in [0.25, 0.3) is 5.91 Å². The fraction of sp³-hybridized carbons (Fsp3) is 0.917. The van der Waals surface area contributed by atoms with Gasteiger partial charge in [0.15, 0.2) is 0 Å². The van der Waals surface area contributed by atoms with E-state index >= 15 is 0 Å². The van der Waals surface area contributed by atoms with Gasteiger partial charge < -0.3 is 15.5 Å². The molecule has 0 spiro atoms. The molecule has 4 nitrogen and oxygen atoms in total. The molecule has 0 radical (unpaired) electrons. The van der Waals surface area contributed by atoms with E-state index in [0.717, 1.165) is 38.5 Å². The van der Waals surface area contributed by atoms with Gasteiger partial charge in [0.2, 0.25) is 0 Å². The zero-order valence-corrected chi connectivity index (χ0v) is 9.61. The van der Waals surface area contributed by atoms with Crippen LogP contribution in [0, 0.1) is 0 Å². The summed E-state index contributed by atoms with van der Waals surface area (Å²) < 4.78 is 0. The van der Waals surface area contributed by atoms with Crippen molar-refractivity contribution in [3.05, 3.63) is 0 Å². The fourth-order valence-corrected chi connectivity index (χ4v) is 2.77. The van der Waals surface area contributed by atoms with E-state index in [9.17, 15) is 15.0 Å². The van der Waals surface area contributed by atoms with Crippen molar-refractivity contribution < 1.29 is 15.0 Å². The van der Waals surface area contributed by atoms with E-state index in [1.807, 2.05) is 0 Å². The summed E-state index contributed by atoms with van der Waals surface area (Å²) in [7, 11) is 0. The number of hydrogen-bond donors (Lipinski definition) is 3. The Morgan fingerprint density at radius 2 is 1.75 bits per heavy atom. The standard InChI is InChI=1S/C12H21NO3/c14-10-6-2-1-5-9(10)13-11(15)12(16)7-3-4-8-12/h9-10,14,16H,1-8H2,(H,13,15). The number of carbonyl (C=O) groups is 1. The molecular formula is C12H21NO3. The van der Waals surface area contributed by atoms with E-state index in [0.29, 0.717) is 12.8 Å². The second kappa shape index (κ2) is 4.72. The third kappa shape index (κ3) is 2.38. The number of hydrogen-bond acceptors (Lipinski definition) is 3. The quantitative estimate of drug-likeness (QED) is 0.650. The number of aliphatic hydroxyl groups excluding tert-OH is 1. The number of carbonyl (C=O) groups excluding carboxylic acids is 1. The largest absolute Gasteiger partial charge is 0.391 e. The lowest BCUT2D eigenvalue weighted by Gasteiger charge is -2.31. The van der Waals surface area contributed by atoms with Crippen LogP contribution < -0.4 is 5.32 Å². The molecule has 2 aliphatic carbocycles. The van der Waals surface area contributed by atoms with E-state index in [1.54, 1.807) is 0 Å². The Hall–Kier alpha value is -0.610. The lowest BCUT2D eigenvalue weighted by Crippen LogP contribution is -2.53. The van der Waals surface area contributed by atoms with E-state index in [1.165, 1.54) is 0 Å². The van der Waals surface area contributed by atoms with Gasteiger partial charge >= 0.3 is 0 Å². The topological polar surface area (TPSA) is 69.6 Å². The highest BCUT2D eigenvalue weighted by molar-refractivity contribution is 5.85. The van der Waals surface area contributed by atoms with Crippen LogP contribution in [-0.2, 0) is 4.79 Å². The molecular weight excluding hydrogens is 206 g/mol. The zero-order valence-electron chi connectivity index (χ0n) is 9.61. The summed E-state index contributed by atoms with van der Waals surface area (Å²) in [5.41, 5.74) is -1.17. The molecule has 2 atom stereocenters. The highest BCUT2D eigenvalue weighted by atomic mass is 16.3. The van der Waals surface area contributed by atoms with Gasteiger partial charge in [0.05, 0.1) is 12.1 Å². The Bertz CT molecular complexity index is 261. The maximum atomic E-state index is 11.9. The van der Waals surface area contributed by atoms with Crippen LogP contribution in [0.5, 0.6) is 0 Å². The summed E-state index contributed by atoms with van der Waals surface area (Å²) in [6.07, 6.45) is 6.14. The molecule has 1 amide bonds. The molecule has 0 aromatic carbocycles. The highest BCUT2D eigenvalue weighted by Crippen LogP contribution is 2.30. The predicted molar refractivity (Wildman–Crippen MR) is 59.8 cm³/mol. The third-order valence-electron chi connectivity index (χ3n) is 3.90. The second-order valence-corrected chi connectivity index (χ2v) is 5.17. The van der Waals surface area contributed by atoms with Crippen molar-refractivity contribution in [2.45, 2.75) is 69.1 Å². The van der Waals surface area contributed by atoms with Gasteiger partial charge in [-0.2, -0.15) is 0 Å². The first-order chi connectivity index (χ1) is 7.62. The first-order valence-corrected chi connectivity index (χ1v) is 6.33. The molecule has 0 heterocycles. The SMILES string of the molecule is O=C(NC1CCCCC1O)C1(O)CCCC1. The Balaban J connectivity index is 1.90. The van der Waals surface area contributed by atoms with E-state index in [2.05, 4.69) is 5.32 Å². The minimum Gasteiger partial charge on any atom is -0.391 e. The Morgan fingerprint density at radius 1 is 1.12 bits per heavy atom. The summed E-state index contributed by atoms with van der Waals surface area (Å²) in [6.45, 7) is 0. The predicted octanol–water partition coefficient (Wildman–Crippen LogP) is 0.711. The van der Waals surface area contributed by atoms with Crippen molar-refractivity contribution in [1.82, 2.24) is 5.32 Å². The summed E-state index contributed by atoms with van der Waals surface area (Å²) in [4.78, 5) is 11.9. The second-order valence-electron chi connectivity index (χ2n) is 5.17. The summed E-state index contributed by atoms with van der Waals surface area (Å²) in [5.74, 6) is -0.282. The fourth-order valence-electron chi connectivity index (χ4n) is 2.77. The summed E-state index contributed by atoms with van der Waals surface area (Å²) in [5, 5.41) is 22.6. The summed E-state index contributed by atoms with van der Waals surface area (Å²) >= 11 is 0. The van der Waals surface area contributed by atoms with E-state index in [-0.39, 0.29) is 11.9 Å². The average Bonchev–Trinajstić information content (AvgIpc) is 2.70. The molecule has 2 saturated carbocycles. The van der Waals surface area contributed by atoms with Gasteiger partial charge in [0, 0.05) is 0 Å². The van der Waals surface area contributed by atoms with E-state index in [4.69, 9.17) is 0 Å². The first-order valence-electron chi connectivity index (χ1n) is 6.33. The third-order valence-corrected chi connectivity index (χ3v) is 3.90. The minimum absolute atomic E-state index is 0.161. The molecule has 0 bridgehead atoms. The molecule has 92 valence electrons. The lowest BCUT2D eigenvalue weighted by atomic mass is 9.91. The van der Waals surface area contributed by atoms with Crippen LogP contribution in [0.3, 0.4) is 0 Å². The molecule has 3 N–H and O–H groups in total. The maximum Gasteiger partial charge on any atom is 0.252 e. The number of nitrogens with one attached hydrogen (secondary N) is 1. The zero-order chi connectivity index (χ0) is 11.6. The van der Waals surface area contributed by atoms with Gasteiger partial charge in [-0.05, 0) is 38.5 Å². The van der Waals surface area contributed by atoms with Crippen LogP contribution in [0.4, 0.5) is 0 Å².